The predicted octanol–water partition coefficient (Wildman–Crippen LogP) is 5.29. The smallest absolute Gasteiger partial charge is 0.406 e. The standard InChI is InChI=1S/C24H18F4N2O4S/c25-17-7-5-16(6-8-17)15-35(32,33)22-13-30(21-4-2-1-3-20(21)22)14-23(31)29-18-9-11-19(12-10-18)34-24(26,27)28/h1-13H,14-15H2,(H,29,31). The fourth-order valence-corrected chi connectivity index (χ4v) is 5.15. The van der Waals surface area contributed by atoms with Gasteiger partial charge in [-0.2, -0.15) is 0 Å². The number of alkyl halides is 3. The van der Waals surface area contributed by atoms with E-state index in [-0.39, 0.29) is 22.9 Å². The molecular formula is C24H18F4N2O4S. The number of para-hydroxylation sites is 1. The van der Waals surface area contributed by atoms with Gasteiger partial charge in [0.2, 0.25) is 5.91 Å². The van der Waals surface area contributed by atoms with Crippen LogP contribution in [-0.4, -0.2) is 25.3 Å². The van der Waals surface area contributed by atoms with Gasteiger partial charge in [-0.15, -0.1) is 13.2 Å². The summed E-state index contributed by atoms with van der Waals surface area (Å²) in [5, 5.41) is 2.98. The van der Waals surface area contributed by atoms with Gasteiger partial charge >= 0.3 is 6.36 Å². The molecule has 0 bridgehead atoms. The third-order valence-corrected chi connectivity index (χ3v) is 6.75. The van der Waals surface area contributed by atoms with Gasteiger partial charge in [-0.3, -0.25) is 4.79 Å². The lowest BCUT2D eigenvalue weighted by Crippen LogP contribution is -2.19. The minimum Gasteiger partial charge on any atom is -0.406 e. The van der Waals surface area contributed by atoms with E-state index in [1.165, 1.54) is 47.2 Å². The highest BCUT2D eigenvalue weighted by molar-refractivity contribution is 7.90. The molecule has 0 aliphatic heterocycles. The van der Waals surface area contributed by atoms with E-state index in [4.69, 9.17) is 0 Å². The zero-order valence-electron chi connectivity index (χ0n) is 17.9. The molecular weight excluding hydrogens is 488 g/mol. The van der Waals surface area contributed by atoms with E-state index in [1.807, 2.05) is 0 Å². The van der Waals surface area contributed by atoms with Gasteiger partial charge in [0.15, 0.2) is 9.84 Å². The van der Waals surface area contributed by atoms with Crippen molar-refractivity contribution in [1.82, 2.24) is 4.57 Å². The van der Waals surface area contributed by atoms with Crippen molar-refractivity contribution in [3.05, 3.63) is 90.4 Å². The fourth-order valence-electron chi connectivity index (χ4n) is 3.56. The molecule has 0 unspecified atom stereocenters. The number of carbonyl (C=O) groups is 1. The molecule has 11 heteroatoms. The molecule has 0 fully saturated rings. The van der Waals surface area contributed by atoms with Crippen molar-refractivity contribution in [2.45, 2.75) is 23.6 Å². The second kappa shape index (κ2) is 9.41. The molecule has 0 atom stereocenters. The van der Waals surface area contributed by atoms with E-state index in [9.17, 15) is 30.8 Å². The minimum atomic E-state index is -4.82. The number of aromatic nitrogens is 1. The van der Waals surface area contributed by atoms with Gasteiger partial charge in [0.05, 0.1) is 10.6 Å². The first-order valence-electron chi connectivity index (χ1n) is 10.2. The summed E-state index contributed by atoms with van der Waals surface area (Å²) >= 11 is 0. The molecule has 0 aliphatic carbocycles. The van der Waals surface area contributed by atoms with Crippen LogP contribution in [-0.2, 0) is 26.9 Å². The largest absolute Gasteiger partial charge is 0.573 e. The summed E-state index contributed by atoms with van der Waals surface area (Å²) in [4.78, 5) is 12.6. The maximum absolute atomic E-state index is 13.2. The van der Waals surface area contributed by atoms with E-state index >= 15 is 0 Å². The van der Waals surface area contributed by atoms with Crippen molar-refractivity contribution in [1.29, 1.82) is 0 Å². The molecule has 0 saturated carbocycles. The number of rotatable bonds is 7. The Kier molecular flexibility index (Phi) is 6.53. The number of anilines is 1. The number of sulfone groups is 1. The number of amides is 1. The first-order chi connectivity index (χ1) is 16.5. The third-order valence-electron chi connectivity index (χ3n) is 5.04. The number of ether oxygens (including phenoxy) is 1. The number of hydrogen-bond donors (Lipinski definition) is 1. The number of fused-ring (bicyclic) bond motifs is 1. The van der Waals surface area contributed by atoms with E-state index in [0.717, 1.165) is 12.1 Å². The molecule has 0 aliphatic rings. The summed E-state index contributed by atoms with van der Waals surface area (Å²) in [7, 11) is -3.83. The number of benzene rings is 3. The summed E-state index contributed by atoms with van der Waals surface area (Å²) in [5.74, 6) is -1.77. The van der Waals surface area contributed by atoms with Crippen LogP contribution < -0.4 is 10.1 Å². The molecule has 35 heavy (non-hydrogen) atoms. The molecule has 1 amide bonds. The highest BCUT2D eigenvalue weighted by atomic mass is 32.2. The fraction of sp³-hybridized carbons (Fsp3) is 0.125. The Bertz CT molecular complexity index is 1460. The number of hydrogen-bond acceptors (Lipinski definition) is 4. The predicted molar refractivity (Wildman–Crippen MR) is 121 cm³/mol. The molecule has 0 spiro atoms. The van der Waals surface area contributed by atoms with Crippen LogP contribution in [0.3, 0.4) is 0 Å². The Labute approximate surface area is 197 Å². The van der Waals surface area contributed by atoms with E-state index in [1.54, 1.807) is 24.3 Å². The van der Waals surface area contributed by atoms with Crippen molar-refractivity contribution in [2.75, 3.05) is 5.32 Å². The Morgan fingerprint density at radius 2 is 1.60 bits per heavy atom. The summed E-state index contributed by atoms with van der Waals surface area (Å²) in [6.07, 6.45) is -3.46. The van der Waals surface area contributed by atoms with Crippen LogP contribution in [0.25, 0.3) is 10.9 Å². The summed E-state index contributed by atoms with van der Waals surface area (Å²) < 4.78 is 81.6. The summed E-state index contributed by atoms with van der Waals surface area (Å²) in [6, 6.07) is 16.5. The Morgan fingerprint density at radius 1 is 0.943 bits per heavy atom. The molecule has 4 aromatic rings. The van der Waals surface area contributed by atoms with E-state index in [0.29, 0.717) is 16.5 Å². The van der Waals surface area contributed by atoms with Gasteiger partial charge in [0.1, 0.15) is 18.1 Å². The number of nitrogens with one attached hydrogen (secondary N) is 1. The lowest BCUT2D eigenvalue weighted by molar-refractivity contribution is -0.274. The maximum atomic E-state index is 13.2. The Morgan fingerprint density at radius 3 is 2.26 bits per heavy atom. The van der Waals surface area contributed by atoms with Gasteiger partial charge in [-0.25, -0.2) is 12.8 Å². The first kappa shape index (κ1) is 24.3. The normalized spacial score (nSPS) is 12.0. The topological polar surface area (TPSA) is 77.4 Å². The van der Waals surface area contributed by atoms with Gasteiger partial charge in [-0.1, -0.05) is 30.3 Å². The quantitative estimate of drug-likeness (QED) is 0.346. The second-order valence-corrected chi connectivity index (χ2v) is 9.60. The highest BCUT2D eigenvalue weighted by Crippen LogP contribution is 2.28. The summed E-state index contributed by atoms with van der Waals surface area (Å²) in [6.45, 7) is -0.243. The monoisotopic (exact) mass is 506 g/mol. The molecule has 182 valence electrons. The average molecular weight is 506 g/mol. The zero-order chi connectivity index (χ0) is 25.2. The molecule has 3 aromatic carbocycles. The minimum absolute atomic E-state index is 0.0267. The second-order valence-electron chi connectivity index (χ2n) is 7.64. The highest BCUT2D eigenvalue weighted by Gasteiger charge is 2.31. The van der Waals surface area contributed by atoms with Gasteiger partial charge in [0.25, 0.3) is 0 Å². The Hall–Kier alpha value is -3.86. The Balaban J connectivity index is 1.54. The van der Waals surface area contributed by atoms with E-state index < -0.39 is 33.7 Å². The maximum Gasteiger partial charge on any atom is 0.573 e. The van der Waals surface area contributed by atoms with Crippen molar-refractivity contribution >= 4 is 32.3 Å². The van der Waals surface area contributed by atoms with Gasteiger partial charge in [-0.05, 0) is 48.0 Å². The molecule has 1 N–H and O–H groups in total. The zero-order valence-corrected chi connectivity index (χ0v) is 18.7. The van der Waals surface area contributed by atoms with Crippen molar-refractivity contribution < 1.29 is 35.5 Å². The van der Waals surface area contributed by atoms with Crippen LogP contribution in [0.1, 0.15) is 5.56 Å². The SMILES string of the molecule is O=C(Cn1cc(S(=O)(=O)Cc2ccc(F)cc2)c2ccccc21)Nc1ccc(OC(F)(F)F)cc1. The number of nitrogens with zero attached hydrogens (tertiary/aromatic N) is 1. The van der Waals surface area contributed by atoms with Crippen LogP contribution in [0.4, 0.5) is 23.2 Å². The lowest BCUT2D eigenvalue weighted by atomic mass is 10.2. The van der Waals surface area contributed by atoms with Crippen LogP contribution in [0.2, 0.25) is 0 Å². The molecule has 4 rings (SSSR count). The van der Waals surface area contributed by atoms with Crippen LogP contribution in [0.15, 0.2) is 83.9 Å². The van der Waals surface area contributed by atoms with Crippen LogP contribution in [0.5, 0.6) is 5.75 Å². The van der Waals surface area contributed by atoms with Crippen molar-refractivity contribution in [2.24, 2.45) is 0 Å². The van der Waals surface area contributed by atoms with Crippen LogP contribution >= 0.6 is 0 Å². The average Bonchev–Trinajstić information content (AvgIpc) is 3.15. The van der Waals surface area contributed by atoms with E-state index in [2.05, 4.69) is 10.1 Å². The number of carbonyl (C=O) groups excluding carboxylic acids is 1. The first-order valence-corrected chi connectivity index (χ1v) is 11.9. The molecule has 1 heterocycles. The number of halogens is 4. The van der Waals surface area contributed by atoms with Gasteiger partial charge < -0.3 is 14.6 Å². The van der Waals surface area contributed by atoms with Crippen LogP contribution in [0, 0.1) is 5.82 Å². The summed E-state index contributed by atoms with van der Waals surface area (Å²) in [5.41, 5.74) is 1.17. The third kappa shape index (κ3) is 5.99. The lowest BCUT2D eigenvalue weighted by Gasteiger charge is -2.10. The molecule has 6 nitrogen and oxygen atoms in total. The van der Waals surface area contributed by atoms with Crippen molar-refractivity contribution in [3.63, 3.8) is 0 Å². The molecule has 1 aromatic heterocycles. The van der Waals surface area contributed by atoms with Gasteiger partial charge in [0, 0.05) is 22.8 Å². The molecule has 0 saturated heterocycles. The van der Waals surface area contributed by atoms with Crippen molar-refractivity contribution in [3.8, 4) is 5.75 Å². The molecule has 0 radical (unpaired) electrons.